The number of hydrogen-bond acceptors (Lipinski definition) is 3. The summed E-state index contributed by atoms with van der Waals surface area (Å²) in [4.78, 5) is 4.05. The minimum atomic E-state index is 0.627. The normalized spacial score (nSPS) is 15.8. The molecule has 14 heavy (non-hydrogen) atoms. The fourth-order valence-electron chi connectivity index (χ4n) is 1.56. The van der Waals surface area contributed by atoms with Crippen molar-refractivity contribution in [1.82, 2.24) is 10.3 Å². The van der Waals surface area contributed by atoms with Crippen LogP contribution in [0.25, 0.3) is 5.57 Å². The number of rotatable bonds is 1. The zero-order chi connectivity index (χ0) is 9.80. The summed E-state index contributed by atoms with van der Waals surface area (Å²) in [5.74, 6) is 0. The maximum atomic E-state index is 8.74. The Morgan fingerprint density at radius 3 is 3.07 bits per heavy atom. The first-order valence-corrected chi connectivity index (χ1v) is 4.65. The van der Waals surface area contributed by atoms with Crippen molar-refractivity contribution in [3.63, 3.8) is 0 Å². The molecule has 1 N–H and O–H groups in total. The number of aromatic nitrogens is 1. The number of nitriles is 1. The lowest BCUT2D eigenvalue weighted by molar-refractivity contribution is 0.738. The standard InChI is InChI=1S/C11H11N3/c12-6-9-5-11(8-14-7-9)10-1-3-13-4-2-10/h1,5,7-8,13H,2-4H2. The lowest BCUT2D eigenvalue weighted by Gasteiger charge is -2.13. The van der Waals surface area contributed by atoms with Crippen molar-refractivity contribution in [1.29, 1.82) is 5.26 Å². The van der Waals surface area contributed by atoms with Crippen LogP contribution in [0, 0.1) is 11.3 Å². The molecule has 0 aromatic carbocycles. The summed E-state index contributed by atoms with van der Waals surface area (Å²) >= 11 is 0. The average Bonchev–Trinajstić information content (AvgIpc) is 2.30. The van der Waals surface area contributed by atoms with Gasteiger partial charge >= 0.3 is 0 Å². The molecule has 0 unspecified atom stereocenters. The van der Waals surface area contributed by atoms with Gasteiger partial charge in [0.2, 0.25) is 0 Å². The fraction of sp³-hybridized carbons (Fsp3) is 0.273. The molecule has 2 rings (SSSR count). The number of hydrogen-bond donors (Lipinski definition) is 1. The molecule has 1 aromatic rings. The minimum absolute atomic E-state index is 0.627. The molecule has 0 saturated carbocycles. The lowest BCUT2D eigenvalue weighted by atomic mass is 10.0. The van der Waals surface area contributed by atoms with Gasteiger partial charge in [0.05, 0.1) is 5.56 Å². The molecule has 1 aromatic heterocycles. The molecule has 0 saturated heterocycles. The Labute approximate surface area is 83.1 Å². The van der Waals surface area contributed by atoms with Gasteiger partial charge < -0.3 is 5.32 Å². The summed E-state index contributed by atoms with van der Waals surface area (Å²) in [7, 11) is 0. The van der Waals surface area contributed by atoms with Gasteiger partial charge in [-0.05, 0) is 30.2 Å². The Hall–Kier alpha value is -1.66. The van der Waals surface area contributed by atoms with E-state index in [0.717, 1.165) is 25.1 Å². The van der Waals surface area contributed by atoms with Crippen molar-refractivity contribution < 1.29 is 0 Å². The molecular formula is C11H11N3. The average molecular weight is 185 g/mol. The third-order valence-electron chi connectivity index (χ3n) is 2.30. The van der Waals surface area contributed by atoms with Crippen LogP contribution in [0.1, 0.15) is 17.5 Å². The van der Waals surface area contributed by atoms with E-state index in [0.29, 0.717) is 5.56 Å². The van der Waals surface area contributed by atoms with Crippen LogP contribution in [0.4, 0.5) is 0 Å². The Kier molecular flexibility index (Phi) is 2.57. The Balaban J connectivity index is 2.32. The topological polar surface area (TPSA) is 48.7 Å². The summed E-state index contributed by atoms with van der Waals surface area (Å²) < 4.78 is 0. The van der Waals surface area contributed by atoms with E-state index in [1.165, 1.54) is 5.57 Å². The highest BCUT2D eigenvalue weighted by Crippen LogP contribution is 2.19. The number of nitrogens with one attached hydrogen (secondary N) is 1. The third-order valence-corrected chi connectivity index (χ3v) is 2.30. The maximum absolute atomic E-state index is 8.74. The van der Waals surface area contributed by atoms with Crippen LogP contribution in [0.5, 0.6) is 0 Å². The first kappa shape index (κ1) is 8.92. The summed E-state index contributed by atoms with van der Waals surface area (Å²) in [6.45, 7) is 1.91. The van der Waals surface area contributed by atoms with E-state index in [1.54, 1.807) is 6.20 Å². The number of pyridine rings is 1. The quantitative estimate of drug-likeness (QED) is 0.718. The van der Waals surface area contributed by atoms with Crippen LogP contribution in [-0.4, -0.2) is 18.1 Å². The van der Waals surface area contributed by atoms with Crippen molar-refractivity contribution in [2.24, 2.45) is 0 Å². The molecule has 0 amide bonds. The van der Waals surface area contributed by atoms with Crippen molar-refractivity contribution >= 4 is 5.57 Å². The van der Waals surface area contributed by atoms with E-state index in [1.807, 2.05) is 12.3 Å². The van der Waals surface area contributed by atoms with Crippen LogP contribution in [0.2, 0.25) is 0 Å². The molecule has 0 aliphatic carbocycles. The fourth-order valence-corrected chi connectivity index (χ4v) is 1.56. The molecule has 1 aliphatic heterocycles. The zero-order valence-electron chi connectivity index (χ0n) is 7.83. The Morgan fingerprint density at radius 2 is 2.36 bits per heavy atom. The van der Waals surface area contributed by atoms with Crippen LogP contribution >= 0.6 is 0 Å². The summed E-state index contributed by atoms with van der Waals surface area (Å²) in [6, 6.07) is 3.99. The molecule has 0 spiro atoms. The monoisotopic (exact) mass is 185 g/mol. The van der Waals surface area contributed by atoms with Crippen LogP contribution < -0.4 is 5.32 Å². The lowest BCUT2D eigenvalue weighted by Crippen LogP contribution is -2.20. The molecule has 3 heteroatoms. The molecule has 70 valence electrons. The van der Waals surface area contributed by atoms with Crippen molar-refractivity contribution in [3.05, 3.63) is 35.7 Å². The van der Waals surface area contributed by atoms with Gasteiger partial charge in [0.15, 0.2) is 0 Å². The van der Waals surface area contributed by atoms with E-state index in [-0.39, 0.29) is 0 Å². The molecule has 0 bridgehead atoms. The molecule has 3 nitrogen and oxygen atoms in total. The first-order valence-electron chi connectivity index (χ1n) is 4.65. The highest BCUT2D eigenvalue weighted by molar-refractivity contribution is 5.66. The molecule has 0 fully saturated rings. The second-order valence-corrected chi connectivity index (χ2v) is 3.26. The Morgan fingerprint density at radius 1 is 1.43 bits per heavy atom. The predicted molar refractivity (Wildman–Crippen MR) is 54.4 cm³/mol. The van der Waals surface area contributed by atoms with Crippen molar-refractivity contribution in [3.8, 4) is 6.07 Å². The van der Waals surface area contributed by atoms with Gasteiger partial charge in [-0.3, -0.25) is 4.98 Å². The van der Waals surface area contributed by atoms with Gasteiger partial charge in [0, 0.05) is 18.9 Å². The Bertz CT molecular complexity index is 401. The van der Waals surface area contributed by atoms with Gasteiger partial charge in [-0.15, -0.1) is 0 Å². The smallest absolute Gasteiger partial charge is 0.101 e. The summed E-state index contributed by atoms with van der Waals surface area (Å²) in [6.07, 6.45) is 6.57. The van der Waals surface area contributed by atoms with E-state index < -0.39 is 0 Å². The molecule has 0 radical (unpaired) electrons. The third kappa shape index (κ3) is 1.81. The highest BCUT2D eigenvalue weighted by Gasteiger charge is 2.06. The van der Waals surface area contributed by atoms with E-state index in [9.17, 15) is 0 Å². The predicted octanol–water partition coefficient (Wildman–Crippen LogP) is 1.33. The van der Waals surface area contributed by atoms with Gasteiger partial charge in [0.1, 0.15) is 6.07 Å². The zero-order valence-corrected chi connectivity index (χ0v) is 7.83. The van der Waals surface area contributed by atoms with Gasteiger partial charge in [-0.25, -0.2) is 0 Å². The molecule has 1 aliphatic rings. The number of nitrogens with zero attached hydrogens (tertiary/aromatic N) is 2. The highest BCUT2D eigenvalue weighted by atomic mass is 14.8. The second-order valence-electron chi connectivity index (χ2n) is 3.26. The maximum Gasteiger partial charge on any atom is 0.101 e. The van der Waals surface area contributed by atoms with Gasteiger partial charge in [-0.1, -0.05) is 6.08 Å². The van der Waals surface area contributed by atoms with Crippen LogP contribution in [0.3, 0.4) is 0 Å². The van der Waals surface area contributed by atoms with Gasteiger partial charge in [-0.2, -0.15) is 5.26 Å². The van der Waals surface area contributed by atoms with Crippen LogP contribution in [-0.2, 0) is 0 Å². The van der Waals surface area contributed by atoms with Crippen molar-refractivity contribution in [2.75, 3.05) is 13.1 Å². The molecular weight excluding hydrogens is 174 g/mol. The SMILES string of the molecule is N#Cc1cncc(C2=CCNCC2)c1. The van der Waals surface area contributed by atoms with E-state index in [4.69, 9.17) is 5.26 Å². The molecule has 0 atom stereocenters. The molecule has 2 heterocycles. The van der Waals surface area contributed by atoms with E-state index in [2.05, 4.69) is 22.4 Å². The first-order chi connectivity index (χ1) is 6.90. The summed E-state index contributed by atoms with van der Waals surface area (Å²) in [5, 5.41) is 12.0. The minimum Gasteiger partial charge on any atom is -0.313 e. The van der Waals surface area contributed by atoms with Crippen molar-refractivity contribution in [2.45, 2.75) is 6.42 Å². The second kappa shape index (κ2) is 4.03. The summed E-state index contributed by atoms with van der Waals surface area (Å²) in [5.41, 5.74) is 2.99. The largest absolute Gasteiger partial charge is 0.313 e. The van der Waals surface area contributed by atoms with Gasteiger partial charge in [0.25, 0.3) is 0 Å². The van der Waals surface area contributed by atoms with E-state index >= 15 is 0 Å². The van der Waals surface area contributed by atoms with Crippen LogP contribution in [0.15, 0.2) is 24.5 Å².